The van der Waals surface area contributed by atoms with E-state index in [-0.39, 0.29) is 5.91 Å². The number of ether oxygens (including phenoxy) is 1. The summed E-state index contributed by atoms with van der Waals surface area (Å²) in [5, 5.41) is 2.90. The molecular weight excluding hydrogens is 318 g/mol. The number of hydrogen-bond donors (Lipinski definition) is 1. The zero-order valence-electron chi connectivity index (χ0n) is 14.0. The lowest BCUT2D eigenvalue weighted by molar-refractivity contribution is -0.125. The van der Waals surface area contributed by atoms with Crippen molar-refractivity contribution in [2.24, 2.45) is 0 Å². The van der Waals surface area contributed by atoms with Crippen LogP contribution in [-0.2, 0) is 19.6 Å². The van der Waals surface area contributed by atoms with Gasteiger partial charge in [0.15, 0.2) is 0 Å². The van der Waals surface area contributed by atoms with Crippen molar-refractivity contribution in [2.45, 2.75) is 38.1 Å². The Kier molecular flexibility index (Phi) is 7.26. The van der Waals surface area contributed by atoms with Crippen LogP contribution < -0.4 is 5.32 Å². The Labute approximate surface area is 139 Å². The first-order valence-electron chi connectivity index (χ1n) is 8.53. The molecule has 0 aromatic carbocycles. The molecule has 2 saturated heterocycles. The third-order valence-electron chi connectivity index (χ3n) is 4.49. The third kappa shape index (κ3) is 6.02. The Morgan fingerprint density at radius 3 is 2.61 bits per heavy atom. The van der Waals surface area contributed by atoms with E-state index in [1.807, 2.05) is 0 Å². The Bertz CT molecular complexity index is 477. The van der Waals surface area contributed by atoms with Gasteiger partial charge in [-0.15, -0.1) is 0 Å². The van der Waals surface area contributed by atoms with Crippen LogP contribution in [0, 0.1) is 0 Å². The maximum Gasteiger partial charge on any atom is 0.238 e. The molecule has 0 unspecified atom stereocenters. The molecule has 0 aromatic rings. The number of rotatable bonds is 7. The van der Waals surface area contributed by atoms with Gasteiger partial charge in [0.2, 0.25) is 15.9 Å². The number of hydrogen-bond acceptors (Lipinski definition) is 5. The normalized spacial score (nSPS) is 24.5. The van der Waals surface area contributed by atoms with Crippen molar-refractivity contribution in [3.8, 4) is 0 Å². The minimum atomic E-state index is -3.32. The largest absolute Gasteiger partial charge is 0.379 e. The van der Waals surface area contributed by atoms with Crippen LogP contribution in [0.1, 0.15) is 32.1 Å². The van der Waals surface area contributed by atoms with E-state index in [4.69, 9.17) is 4.74 Å². The molecule has 2 heterocycles. The van der Waals surface area contributed by atoms with Crippen LogP contribution >= 0.6 is 0 Å². The third-order valence-corrected chi connectivity index (χ3v) is 5.78. The quantitative estimate of drug-likeness (QED) is 0.657. The van der Waals surface area contributed by atoms with Crippen molar-refractivity contribution in [1.82, 2.24) is 14.5 Å². The predicted molar refractivity (Wildman–Crippen MR) is 88.7 cm³/mol. The first-order valence-corrected chi connectivity index (χ1v) is 10.4. The lowest BCUT2D eigenvalue weighted by Crippen LogP contribution is -2.51. The van der Waals surface area contributed by atoms with E-state index in [2.05, 4.69) is 10.2 Å². The van der Waals surface area contributed by atoms with Gasteiger partial charge >= 0.3 is 0 Å². The monoisotopic (exact) mass is 347 g/mol. The average molecular weight is 347 g/mol. The van der Waals surface area contributed by atoms with Crippen LogP contribution in [0.25, 0.3) is 0 Å². The lowest BCUT2D eigenvalue weighted by Gasteiger charge is -2.32. The minimum Gasteiger partial charge on any atom is -0.379 e. The average Bonchev–Trinajstić information content (AvgIpc) is 2.54. The van der Waals surface area contributed by atoms with E-state index in [9.17, 15) is 13.2 Å². The molecule has 2 fully saturated rings. The molecule has 1 atom stereocenters. The van der Waals surface area contributed by atoms with Crippen molar-refractivity contribution < 1.29 is 17.9 Å². The molecule has 1 amide bonds. The molecule has 0 spiro atoms. The van der Waals surface area contributed by atoms with Crippen LogP contribution in [0.3, 0.4) is 0 Å². The van der Waals surface area contributed by atoms with Gasteiger partial charge in [-0.2, -0.15) is 4.31 Å². The Morgan fingerprint density at radius 2 is 1.91 bits per heavy atom. The van der Waals surface area contributed by atoms with Crippen LogP contribution in [0.15, 0.2) is 0 Å². The van der Waals surface area contributed by atoms with Gasteiger partial charge in [0.05, 0.1) is 19.5 Å². The molecule has 2 aliphatic heterocycles. The fourth-order valence-corrected chi connectivity index (χ4v) is 4.30. The van der Waals surface area contributed by atoms with Crippen molar-refractivity contribution in [3.63, 3.8) is 0 Å². The molecule has 2 rings (SSSR count). The molecule has 8 heteroatoms. The number of morpholine rings is 1. The summed E-state index contributed by atoms with van der Waals surface area (Å²) < 4.78 is 30.2. The smallest absolute Gasteiger partial charge is 0.238 e. The number of nitrogens with zero attached hydrogens (tertiary/aromatic N) is 2. The topological polar surface area (TPSA) is 79.0 Å². The van der Waals surface area contributed by atoms with Gasteiger partial charge in [-0.05, 0) is 32.2 Å². The molecule has 2 aliphatic rings. The highest BCUT2D eigenvalue weighted by molar-refractivity contribution is 7.88. The lowest BCUT2D eigenvalue weighted by atomic mass is 10.0. The summed E-state index contributed by atoms with van der Waals surface area (Å²) in [6.07, 6.45) is 5.47. The highest BCUT2D eigenvalue weighted by Gasteiger charge is 2.34. The van der Waals surface area contributed by atoms with Gasteiger partial charge in [0, 0.05) is 26.2 Å². The second kappa shape index (κ2) is 8.96. The predicted octanol–water partition coefficient (Wildman–Crippen LogP) is 0.0291. The van der Waals surface area contributed by atoms with E-state index in [0.29, 0.717) is 19.5 Å². The van der Waals surface area contributed by atoms with Crippen molar-refractivity contribution >= 4 is 15.9 Å². The molecule has 0 aromatic heterocycles. The first kappa shape index (κ1) is 18.6. The maximum atomic E-state index is 12.3. The molecule has 1 N–H and O–H groups in total. The number of unbranched alkanes of at least 4 members (excludes halogenated alkanes) is 1. The maximum absolute atomic E-state index is 12.3. The second-order valence-corrected chi connectivity index (χ2v) is 8.27. The van der Waals surface area contributed by atoms with Gasteiger partial charge in [-0.25, -0.2) is 8.42 Å². The first-order chi connectivity index (χ1) is 11.0. The summed E-state index contributed by atoms with van der Waals surface area (Å²) in [4.78, 5) is 14.6. The highest BCUT2D eigenvalue weighted by atomic mass is 32.2. The number of amides is 1. The molecule has 0 radical (unpaired) electrons. The van der Waals surface area contributed by atoms with Crippen molar-refractivity contribution in [2.75, 3.05) is 52.2 Å². The van der Waals surface area contributed by atoms with Gasteiger partial charge in [-0.1, -0.05) is 6.42 Å². The van der Waals surface area contributed by atoms with E-state index in [1.54, 1.807) is 0 Å². The van der Waals surface area contributed by atoms with Gasteiger partial charge < -0.3 is 10.1 Å². The van der Waals surface area contributed by atoms with E-state index < -0.39 is 16.1 Å². The summed E-state index contributed by atoms with van der Waals surface area (Å²) in [6.45, 7) is 5.67. The summed E-state index contributed by atoms with van der Waals surface area (Å²) >= 11 is 0. The van der Waals surface area contributed by atoms with Crippen LogP contribution in [0.2, 0.25) is 0 Å². The molecule has 134 valence electrons. The molecule has 23 heavy (non-hydrogen) atoms. The molecule has 7 nitrogen and oxygen atoms in total. The summed E-state index contributed by atoms with van der Waals surface area (Å²) in [7, 11) is -3.32. The Hall–Kier alpha value is -0.700. The standard InChI is InChI=1S/C15H29N3O4S/c1-23(20,21)18-9-4-2-6-14(18)15(19)16-7-3-5-8-17-10-12-22-13-11-17/h14H,2-13H2,1H3,(H,16,19)/t14-/m0/s1. The fraction of sp³-hybridized carbons (Fsp3) is 0.933. The number of carbonyl (C=O) groups is 1. The Morgan fingerprint density at radius 1 is 1.17 bits per heavy atom. The Balaban J connectivity index is 1.67. The number of carbonyl (C=O) groups excluding carboxylic acids is 1. The highest BCUT2D eigenvalue weighted by Crippen LogP contribution is 2.19. The van der Waals surface area contributed by atoms with E-state index in [0.717, 1.165) is 58.5 Å². The molecule has 0 aliphatic carbocycles. The van der Waals surface area contributed by atoms with Crippen LogP contribution in [0.4, 0.5) is 0 Å². The van der Waals surface area contributed by atoms with Gasteiger partial charge in [-0.3, -0.25) is 9.69 Å². The number of sulfonamides is 1. The zero-order valence-corrected chi connectivity index (χ0v) is 14.8. The second-order valence-electron chi connectivity index (χ2n) is 6.34. The minimum absolute atomic E-state index is 0.151. The number of piperidine rings is 1. The van der Waals surface area contributed by atoms with Gasteiger partial charge in [0.25, 0.3) is 0 Å². The van der Waals surface area contributed by atoms with Crippen LogP contribution in [0.5, 0.6) is 0 Å². The van der Waals surface area contributed by atoms with Gasteiger partial charge in [0.1, 0.15) is 6.04 Å². The molecule has 0 bridgehead atoms. The van der Waals surface area contributed by atoms with Crippen LogP contribution in [-0.4, -0.2) is 81.8 Å². The molecule has 0 saturated carbocycles. The van der Waals surface area contributed by atoms with E-state index in [1.165, 1.54) is 10.6 Å². The summed E-state index contributed by atoms with van der Waals surface area (Å²) in [5.74, 6) is -0.151. The van der Waals surface area contributed by atoms with Crippen molar-refractivity contribution in [1.29, 1.82) is 0 Å². The SMILES string of the molecule is CS(=O)(=O)N1CCCC[C@H]1C(=O)NCCCCN1CCOCC1. The van der Waals surface area contributed by atoms with Crippen molar-refractivity contribution in [3.05, 3.63) is 0 Å². The summed E-state index contributed by atoms with van der Waals surface area (Å²) in [6, 6.07) is -0.530. The summed E-state index contributed by atoms with van der Waals surface area (Å²) in [5.41, 5.74) is 0. The molecular formula is C15H29N3O4S. The van der Waals surface area contributed by atoms with E-state index >= 15 is 0 Å². The number of nitrogens with one attached hydrogen (secondary N) is 1. The fourth-order valence-electron chi connectivity index (χ4n) is 3.18. The zero-order chi connectivity index (χ0) is 16.7.